The van der Waals surface area contributed by atoms with Gasteiger partial charge in [-0.05, 0) is 48.7 Å². The highest BCUT2D eigenvalue weighted by Crippen LogP contribution is 2.35. The molecule has 0 aliphatic heterocycles. The molecule has 0 aliphatic rings. The third kappa shape index (κ3) is 3.88. The predicted octanol–water partition coefficient (Wildman–Crippen LogP) is 4.45. The number of methoxy groups -OCH3 is 1. The molecule has 2 aromatic rings. The molecule has 2 rings (SSSR count). The fourth-order valence-corrected chi connectivity index (χ4v) is 4.19. The maximum atomic E-state index is 13.1. The number of anilines is 1. The first kappa shape index (κ1) is 18.7. The molecule has 0 saturated carbocycles. The average Bonchev–Trinajstić information content (AvgIpc) is 2.59. The van der Waals surface area contributed by atoms with Gasteiger partial charge in [0.15, 0.2) is 0 Å². The minimum Gasteiger partial charge on any atom is -0.495 e. The van der Waals surface area contributed by atoms with E-state index in [9.17, 15) is 8.42 Å². The summed E-state index contributed by atoms with van der Waals surface area (Å²) in [4.78, 5) is 1.19. The van der Waals surface area contributed by atoms with Gasteiger partial charge in [-0.3, -0.25) is 4.31 Å². The van der Waals surface area contributed by atoms with Crippen LogP contribution < -0.4 is 9.04 Å². The molecule has 0 spiro atoms. The Morgan fingerprint density at radius 3 is 2.46 bits per heavy atom. The number of rotatable bonds is 7. The molecule has 0 aliphatic carbocycles. The van der Waals surface area contributed by atoms with E-state index in [0.717, 1.165) is 4.90 Å². The van der Waals surface area contributed by atoms with E-state index in [1.807, 2.05) is 6.26 Å². The van der Waals surface area contributed by atoms with Crippen LogP contribution in [0.3, 0.4) is 0 Å². The minimum absolute atomic E-state index is 0.101. The third-order valence-electron chi connectivity index (χ3n) is 3.35. The van der Waals surface area contributed by atoms with Crippen molar-refractivity contribution in [1.82, 2.24) is 0 Å². The first-order valence-corrected chi connectivity index (χ1v) is 10.1. The monoisotopic (exact) mass is 383 g/mol. The topological polar surface area (TPSA) is 46.6 Å². The Balaban J connectivity index is 2.56. The number of sulfonamides is 1. The number of nitrogens with zero attached hydrogens (tertiary/aromatic N) is 1. The minimum atomic E-state index is -3.78. The van der Waals surface area contributed by atoms with Crippen LogP contribution in [0.5, 0.6) is 5.75 Å². The Hall–Kier alpha value is -1.63. The summed E-state index contributed by atoms with van der Waals surface area (Å²) < 4.78 is 32.7. The highest BCUT2D eigenvalue weighted by atomic mass is 35.5. The zero-order chi connectivity index (χ0) is 17.7. The summed E-state index contributed by atoms with van der Waals surface area (Å²) in [6.07, 6.45) is 3.46. The molecule has 0 radical (unpaired) electrons. The number of thioether (sulfide) groups is 1. The van der Waals surface area contributed by atoms with Gasteiger partial charge in [-0.1, -0.05) is 17.7 Å². The SMILES string of the molecule is C=CCN(c1cc(Cl)ccc1OC)S(=O)(=O)c1ccc(SC)cc1. The second kappa shape index (κ2) is 7.96. The number of benzene rings is 2. The predicted molar refractivity (Wildman–Crippen MR) is 101 cm³/mol. The van der Waals surface area contributed by atoms with E-state index in [1.165, 1.54) is 17.5 Å². The second-order valence-electron chi connectivity index (χ2n) is 4.82. The van der Waals surface area contributed by atoms with Gasteiger partial charge in [-0.15, -0.1) is 18.3 Å². The van der Waals surface area contributed by atoms with Crippen LogP contribution in [0.1, 0.15) is 0 Å². The zero-order valence-corrected chi connectivity index (χ0v) is 15.8. The number of ether oxygens (including phenoxy) is 1. The summed E-state index contributed by atoms with van der Waals surface area (Å²) in [6, 6.07) is 11.6. The van der Waals surface area contributed by atoms with Crippen molar-refractivity contribution in [3.63, 3.8) is 0 Å². The molecule has 2 aromatic carbocycles. The maximum Gasteiger partial charge on any atom is 0.264 e. The standard InChI is InChI=1S/C17H18ClNO3S2/c1-4-11-19(16-12-13(18)5-10-17(16)22-2)24(20,21)15-8-6-14(23-3)7-9-15/h4-10,12H,1,11H2,2-3H3. The molecule has 0 unspecified atom stereocenters. The highest BCUT2D eigenvalue weighted by molar-refractivity contribution is 7.98. The van der Waals surface area contributed by atoms with Gasteiger partial charge < -0.3 is 4.74 Å². The molecule has 0 heterocycles. The third-order valence-corrected chi connectivity index (χ3v) is 6.12. The lowest BCUT2D eigenvalue weighted by atomic mass is 10.3. The van der Waals surface area contributed by atoms with Gasteiger partial charge in [0.1, 0.15) is 5.75 Å². The molecule has 0 fully saturated rings. The smallest absolute Gasteiger partial charge is 0.264 e. The van der Waals surface area contributed by atoms with Crippen LogP contribution in [0, 0.1) is 0 Å². The summed E-state index contributed by atoms with van der Waals surface area (Å²) in [7, 11) is -2.29. The highest BCUT2D eigenvalue weighted by Gasteiger charge is 2.26. The molecule has 128 valence electrons. The van der Waals surface area contributed by atoms with Crippen molar-refractivity contribution in [2.75, 3.05) is 24.2 Å². The van der Waals surface area contributed by atoms with Crippen LogP contribution in [-0.4, -0.2) is 28.3 Å². The molecule has 0 amide bonds. The number of hydrogen-bond donors (Lipinski definition) is 0. The molecule has 0 saturated heterocycles. The quantitative estimate of drug-likeness (QED) is 0.523. The normalized spacial score (nSPS) is 11.1. The van der Waals surface area contributed by atoms with E-state index in [0.29, 0.717) is 16.5 Å². The van der Waals surface area contributed by atoms with Crippen molar-refractivity contribution in [2.45, 2.75) is 9.79 Å². The van der Waals surface area contributed by atoms with E-state index >= 15 is 0 Å². The Bertz CT molecular complexity index is 820. The lowest BCUT2D eigenvalue weighted by Gasteiger charge is -2.25. The Kier molecular flexibility index (Phi) is 6.21. The Labute approximate surface area is 152 Å². The molecule has 0 aromatic heterocycles. The Morgan fingerprint density at radius 2 is 1.92 bits per heavy atom. The molecular formula is C17H18ClNO3S2. The van der Waals surface area contributed by atoms with Gasteiger partial charge in [0.25, 0.3) is 10.0 Å². The molecule has 4 nitrogen and oxygen atoms in total. The van der Waals surface area contributed by atoms with E-state index < -0.39 is 10.0 Å². The lowest BCUT2D eigenvalue weighted by molar-refractivity contribution is 0.415. The first-order chi connectivity index (χ1) is 11.4. The van der Waals surface area contributed by atoms with Gasteiger partial charge in [-0.25, -0.2) is 8.42 Å². The molecule has 0 atom stereocenters. The number of hydrogen-bond acceptors (Lipinski definition) is 4. The Morgan fingerprint density at radius 1 is 1.25 bits per heavy atom. The van der Waals surface area contributed by atoms with E-state index in [-0.39, 0.29) is 11.4 Å². The van der Waals surface area contributed by atoms with Crippen LogP contribution >= 0.6 is 23.4 Å². The van der Waals surface area contributed by atoms with Crippen molar-refractivity contribution in [3.05, 3.63) is 60.1 Å². The van der Waals surface area contributed by atoms with Crippen LogP contribution in [0.15, 0.2) is 64.9 Å². The van der Waals surface area contributed by atoms with Gasteiger partial charge in [0, 0.05) is 9.92 Å². The fraction of sp³-hybridized carbons (Fsp3) is 0.176. The van der Waals surface area contributed by atoms with Crippen molar-refractivity contribution in [1.29, 1.82) is 0 Å². The molecule has 24 heavy (non-hydrogen) atoms. The van der Waals surface area contributed by atoms with Crippen molar-refractivity contribution in [3.8, 4) is 5.75 Å². The van der Waals surface area contributed by atoms with Gasteiger partial charge >= 0.3 is 0 Å². The first-order valence-electron chi connectivity index (χ1n) is 7.05. The van der Waals surface area contributed by atoms with Crippen molar-refractivity contribution < 1.29 is 13.2 Å². The summed E-state index contributed by atoms with van der Waals surface area (Å²) in [6.45, 7) is 3.76. The number of halogens is 1. The molecule has 0 bridgehead atoms. The fourth-order valence-electron chi connectivity index (χ4n) is 2.18. The van der Waals surface area contributed by atoms with Crippen LogP contribution in [-0.2, 0) is 10.0 Å². The van der Waals surface area contributed by atoms with Crippen LogP contribution in [0.4, 0.5) is 5.69 Å². The molecular weight excluding hydrogens is 366 g/mol. The van der Waals surface area contributed by atoms with E-state index in [4.69, 9.17) is 16.3 Å². The second-order valence-corrected chi connectivity index (χ2v) is 7.99. The summed E-state index contributed by atoms with van der Waals surface area (Å²) in [5, 5.41) is 0.424. The van der Waals surface area contributed by atoms with Gasteiger partial charge in [-0.2, -0.15) is 0 Å². The average molecular weight is 384 g/mol. The molecule has 0 N–H and O–H groups in total. The van der Waals surface area contributed by atoms with Crippen molar-refractivity contribution >= 4 is 39.1 Å². The lowest BCUT2D eigenvalue weighted by Crippen LogP contribution is -2.31. The van der Waals surface area contributed by atoms with Crippen LogP contribution in [0.2, 0.25) is 5.02 Å². The van der Waals surface area contributed by atoms with E-state index in [1.54, 1.807) is 54.2 Å². The summed E-state index contributed by atoms with van der Waals surface area (Å²) in [5.74, 6) is 0.422. The molecule has 7 heteroatoms. The van der Waals surface area contributed by atoms with E-state index in [2.05, 4.69) is 6.58 Å². The largest absolute Gasteiger partial charge is 0.495 e. The van der Waals surface area contributed by atoms with Gasteiger partial charge in [0.05, 0.1) is 24.2 Å². The van der Waals surface area contributed by atoms with Gasteiger partial charge in [0.2, 0.25) is 0 Å². The maximum absolute atomic E-state index is 13.1. The summed E-state index contributed by atoms with van der Waals surface area (Å²) in [5.41, 5.74) is 0.374. The summed E-state index contributed by atoms with van der Waals surface area (Å²) >= 11 is 7.60. The van der Waals surface area contributed by atoms with Crippen LogP contribution in [0.25, 0.3) is 0 Å². The zero-order valence-electron chi connectivity index (χ0n) is 13.4. The van der Waals surface area contributed by atoms with Crippen molar-refractivity contribution in [2.24, 2.45) is 0 Å².